The average Bonchev–Trinajstić information content (AvgIpc) is 2.55. The summed E-state index contributed by atoms with van der Waals surface area (Å²) in [7, 11) is 0. The van der Waals surface area contributed by atoms with Gasteiger partial charge in [-0.1, -0.05) is 50.6 Å². The van der Waals surface area contributed by atoms with Crippen LogP contribution in [-0.4, -0.2) is 28.9 Å². The number of Topliss-reactive ketones (excluding diaryl/α,β-unsaturated/α-hetero) is 1. The number of benzene rings is 1. The second-order valence-corrected chi connectivity index (χ2v) is 7.00. The van der Waals surface area contributed by atoms with E-state index in [1.165, 1.54) is 0 Å². The molecule has 1 aromatic rings. The highest BCUT2D eigenvalue weighted by molar-refractivity contribution is 6.21. The Kier molecular flexibility index (Phi) is 5.47. The summed E-state index contributed by atoms with van der Waals surface area (Å²) in [6.07, 6.45) is 1.41. The number of allylic oxidation sites excluding steroid dienone is 1. The van der Waals surface area contributed by atoms with Crippen molar-refractivity contribution >= 4 is 17.3 Å². The minimum Gasteiger partial charge on any atom is -0.477 e. The highest BCUT2D eigenvalue weighted by atomic mass is 16.5. The van der Waals surface area contributed by atoms with Gasteiger partial charge in [0.25, 0.3) is 5.91 Å². The van der Waals surface area contributed by atoms with E-state index < -0.39 is 5.54 Å². The lowest BCUT2D eigenvalue weighted by Crippen LogP contribution is -2.55. The molecule has 0 saturated carbocycles. The zero-order chi connectivity index (χ0) is 17.9. The third-order valence-electron chi connectivity index (χ3n) is 4.87. The van der Waals surface area contributed by atoms with Crippen molar-refractivity contribution in [3.63, 3.8) is 0 Å². The minimum atomic E-state index is -0.888. The van der Waals surface area contributed by atoms with Crippen LogP contribution in [-0.2, 0) is 14.3 Å². The van der Waals surface area contributed by atoms with E-state index in [2.05, 4.69) is 13.8 Å². The summed E-state index contributed by atoms with van der Waals surface area (Å²) in [4.78, 5) is 27.4. The van der Waals surface area contributed by atoms with Crippen molar-refractivity contribution in [1.82, 2.24) is 4.90 Å². The van der Waals surface area contributed by atoms with Gasteiger partial charge >= 0.3 is 0 Å². The van der Waals surface area contributed by atoms with Gasteiger partial charge in [0.15, 0.2) is 12.5 Å². The Balaban J connectivity index is 2.30. The first-order valence-corrected chi connectivity index (χ1v) is 8.53. The summed E-state index contributed by atoms with van der Waals surface area (Å²) in [5.41, 5.74) is 0.461. The van der Waals surface area contributed by atoms with Crippen molar-refractivity contribution < 1.29 is 14.3 Å². The van der Waals surface area contributed by atoms with Gasteiger partial charge in [-0.3, -0.25) is 14.5 Å². The number of hydrogen-bond acceptors (Lipinski definition) is 3. The molecule has 0 fully saturated rings. The second kappa shape index (κ2) is 7.20. The zero-order valence-electron chi connectivity index (χ0n) is 15.3. The standard InChI is InChI=1S/C20H27NO3/c1-6-14(2)12-17(22)20(4,5)21-13-24-15(3)18(19(21)23)16-10-8-7-9-11-16/h7-11,14H,6,12-13H2,1-5H3. The molecule has 24 heavy (non-hydrogen) atoms. The van der Waals surface area contributed by atoms with Crippen molar-refractivity contribution in [3.8, 4) is 0 Å². The van der Waals surface area contributed by atoms with Crippen LogP contribution in [0.5, 0.6) is 0 Å². The van der Waals surface area contributed by atoms with Crippen LogP contribution in [0.25, 0.3) is 5.57 Å². The van der Waals surface area contributed by atoms with Gasteiger partial charge in [0.05, 0.1) is 11.1 Å². The molecule has 1 aliphatic heterocycles. The van der Waals surface area contributed by atoms with Gasteiger partial charge < -0.3 is 4.74 Å². The number of carbonyl (C=O) groups is 2. The fourth-order valence-electron chi connectivity index (χ4n) is 2.79. The molecule has 0 N–H and O–H groups in total. The number of nitrogens with zero attached hydrogens (tertiary/aromatic N) is 1. The lowest BCUT2D eigenvalue weighted by molar-refractivity contribution is -0.148. The molecule has 130 valence electrons. The third kappa shape index (κ3) is 3.53. The summed E-state index contributed by atoms with van der Waals surface area (Å²) < 4.78 is 5.73. The average molecular weight is 329 g/mol. The van der Waals surface area contributed by atoms with Crippen LogP contribution in [0.4, 0.5) is 0 Å². The topological polar surface area (TPSA) is 46.6 Å². The predicted molar refractivity (Wildman–Crippen MR) is 95.0 cm³/mol. The lowest BCUT2D eigenvalue weighted by atomic mass is 9.88. The lowest BCUT2D eigenvalue weighted by Gasteiger charge is -2.40. The van der Waals surface area contributed by atoms with Crippen molar-refractivity contribution in [1.29, 1.82) is 0 Å². The molecule has 1 unspecified atom stereocenters. The zero-order valence-corrected chi connectivity index (χ0v) is 15.3. The molecule has 0 aromatic heterocycles. The van der Waals surface area contributed by atoms with Gasteiger partial charge in [-0.2, -0.15) is 0 Å². The number of carbonyl (C=O) groups excluding carboxylic acids is 2. The third-order valence-corrected chi connectivity index (χ3v) is 4.87. The van der Waals surface area contributed by atoms with Crippen molar-refractivity contribution in [2.24, 2.45) is 5.92 Å². The van der Waals surface area contributed by atoms with E-state index >= 15 is 0 Å². The van der Waals surface area contributed by atoms with Crippen LogP contribution in [0.15, 0.2) is 36.1 Å². The van der Waals surface area contributed by atoms with Crippen LogP contribution < -0.4 is 0 Å². The molecule has 0 bridgehead atoms. The molecule has 1 aromatic carbocycles. The highest BCUT2D eigenvalue weighted by Crippen LogP contribution is 2.31. The highest BCUT2D eigenvalue weighted by Gasteiger charge is 2.41. The largest absolute Gasteiger partial charge is 0.477 e. The van der Waals surface area contributed by atoms with E-state index in [4.69, 9.17) is 4.74 Å². The predicted octanol–water partition coefficient (Wildman–Crippen LogP) is 4.02. The van der Waals surface area contributed by atoms with Crippen LogP contribution in [0.3, 0.4) is 0 Å². The molecule has 1 atom stereocenters. The number of ether oxygens (including phenoxy) is 1. The fourth-order valence-corrected chi connectivity index (χ4v) is 2.79. The molecular formula is C20H27NO3. The first-order chi connectivity index (χ1) is 11.3. The Morgan fingerprint density at radius 2 is 1.92 bits per heavy atom. The first kappa shape index (κ1) is 18.2. The van der Waals surface area contributed by atoms with Crippen LogP contribution in [0.2, 0.25) is 0 Å². The van der Waals surface area contributed by atoms with E-state index in [0.29, 0.717) is 23.7 Å². The van der Waals surface area contributed by atoms with Crippen LogP contribution in [0.1, 0.15) is 53.0 Å². The molecule has 2 rings (SSSR count). The summed E-state index contributed by atoms with van der Waals surface area (Å²) in [5.74, 6) is 0.837. The molecule has 1 amide bonds. The van der Waals surface area contributed by atoms with E-state index in [-0.39, 0.29) is 18.4 Å². The fraction of sp³-hybridized carbons (Fsp3) is 0.500. The van der Waals surface area contributed by atoms with E-state index in [9.17, 15) is 9.59 Å². The maximum Gasteiger partial charge on any atom is 0.261 e. The van der Waals surface area contributed by atoms with Crippen molar-refractivity contribution in [3.05, 3.63) is 41.7 Å². The van der Waals surface area contributed by atoms with Crippen molar-refractivity contribution in [2.75, 3.05) is 6.73 Å². The second-order valence-electron chi connectivity index (χ2n) is 7.00. The Hall–Kier alpha value is -2.10. The number of hydrogen-bond donors (Lipinski definition) is 0. The Morgan fingerprint density at radius 1 is 1.29 bits per heavy atom. The van der Waals surface area contributed by atoms with E-state index in [1.807, 2.05) is 44.2 Å². The SMILES string of the molecule is CCC(C)CC(=O)C(C)(C)N1COC(C)=C(c2ccccc2)C1=O. The Labute approximate surface area is 144 Å². The van der Waals surface area contributed by atoms with Crippen LogP contribution in [0, 0.1) is 5.92 Å². The molecular weight excluding hydrogens is 302 g/mol. The molecule has 0 aliphatic carbocycles. The molecule has 4 heteroatoms. The van der Waals surface area contributed by atoms with E-state index in [0.717, 1.165) is 12.0 Å². The van der Waals surface area contributed by atoms with Gasteiger partial charge in [-0.15, -0.1) is 0 Å². The summed E-state index contributed by atoms with van der Waals surface area (Å²) >= 11 is 0. The molecule has 0 saturated heterocycles. The maximum atomic E-state index is 13.1. The molecule has 0 radical (unpaired) electrons. The molecule has 1 heterocycles. The minimum absolute atomic E-state index is 0.0702. The van der Waals surface area contributed by atoms with Gasteiger partial charge in [-0.25, -0.2) is 0 Å². The summed E-state index contributed by atoms with van der Waals surface area (Å²) in [6.45, 7) is 9.65. The van der Waals surface area contributed by atoms with Gasteiger partial charge in [-0.05, 0) is 32.3 Å². The smallest absolute Gasteiger partial charge is 0.261 e. The summed E-state index contributed by atoms with van der Waals surface area (Å²) in [5, 5.41) is 0. The van der Waals surface area contributed by atoms with Gasteiger partial charge in [0.2, 0.25) is 0 Å². The summed E-state index contributed by atoms with van der Waals surface area (Å²) in [6, 6.07) is 9.46. The van der Waals surface area contributed by atoms with Gasteiger partial charge in [0.1, 0.15) is 5.76 Å². The first-order valence-electron chi connectivity index (χ1n) is 8.53. The number of amides is 1. The molecule has 0 spiro atoms. The normalized spacial score (nSPS) is 16.9. The van der Waals surface area contributed by atoms with Crippen molar-refractivity contribution in [2.45, 2.75) is 53.0 Å². The Bertz CT molecular complexity index is 646. The number of ketones is 1. The quantitative estimate of drug-likeness (QED) is 0.792. The van der Waals surface area contributed by atoms with E-state index in [1.54, 1.807) is 11.8 Å². The maximum absolute atomic E-state index is 13.1. The molecule has 4 nitrogen and oxygen atoms in total. The molecule has 1 aliphatic rings. The Morgan fingerprint density at radius 3 is 2.50 bits per heavy atom. The number of rotatable bonds is 6. The van der Waals surface area contributed by atoms with Crippen LogP contribution >= 0.6 is 0 Å². The monoisotopic (exact) mass is 329 g/mol. The van der Waals surface area contributed by atoms with Gasteiger partial charge in [0, 0.05) is 6.42 Å².